The number of Topliss-reactive ketones (excluding diaryl/α,β-unsaturated/α-hetero) is 1. The molecule has 4 nitrogen and oxygen atoms in total. The van der Waals surface area contributed by atoms with Gasteiger partial charge < -0.3 is 9.84 Å². The molecule has 4 heteroatoms. The van der Waals surface area contributed by atoms with Gasteiger partial charge in [-0.2, -0.15) is 0 Å². The molecule has 0 spiro atoms. The lowest BCUT2D eigenvalue weighted by Gasteiger charge is -2.53. The molecule has 5 rings (SSSR count). The summed E-state index contributed by atoms with van der Waals surface area (Å²) >= 11 is 0. The first kappa shape index (κ1) is 20.6. The summed E-state index contributed by atoms with van der Waals surface area (Å²) < 4.78 is 6.13. The summed E-state index contributed by atoms with van der Waals surface area (Å²) in [6.45, 7) is 2.38. The zero-order valence-electron chi connectivity index (χ0n) is 18.5. The first-order valence-electron chi connectivity index (χ1n) is 12.6. The summed E-state index contributed by atoms with van der Waals surface area (Å²) in [5.41, 5.74) is 1.17. The van der Waals surface area contributed by atoms with Crippen LogP contribution in [0.4, 0.5) is 0 Å². The summed E-state index contributed by atoms with van der Waals surface area (Å²) in [6, 6.07) is 0. The fourth-order valence-corrected chi connectivity index (χ4v) is 8.25. The van der Waals surface area contributed by atoms with E-state index in [0.29, 0.717) is 36.5 Å². The van der Waals surface area contributed by atoms with Gasteiger partial charge in [0.15, 0.2) is 11.5 Å². The van der Waals surface area contributed by atoms with E-state index in [1.165, 1.54) is 25.7 Å². The van der Waals surface area contributed by atoms with Gasteiger partial charge in [-0.15, -0.1) is 0 Å². The van der Waals surface area contributed by atoms with Gasteiger partial charge in [-0.05, 0) is 86.5 Å². The van der Waals surface area contributed by atoms with Crippen LogP contribution in [0.2, 0.25) is 0 Å². The van der Waals surface area contributed by atoms with E-state index in [9.17, 15) is 14.7 Å². The number of hydrogen-bond acceptors (Lipinski definition) is 4. The predicted octanol–water partition coefficient (Wildman–Crippen LogP) is 5.90. The van der Waals surface area contributed by atoms with Crippen molar-refractivity contribution in [2.45, 2.75) is 103 Å². The van der Waals surface area contributed by atoms with Gasteiger partial charge in [-0.25, -0.2) is 0 Å². The van der Waals surface area contributed by atoms with Crippen molar-refractivity contribution in [2.75, 3.05) is 0 Å². The van der Waals surface area contributed by atoms with E-state index in [1.807, 2.05) is 0 Å². The Morgan fingerprint density at radius 2 is 1.83 bits per heavy atom. The number of rotatable bonds is 4. The smallest absolute Gasteiger partial charge is 0.306 e. The van der Waals surface area contributed by atoms with Gasteiger partial charge >= 0.3 is 5.97 Å². The lowest BCUT2D eigenvalue weighted by Crippen LogP contribution is -2.48. The van der Waals surface area contributed by atoms with Crippen LogP contribution in [0.15, 0.2) is 11.3 Å². The maximum Gasteiger partial charge on any atom is 0.306 e. The average Bonchev–Trinajstić information content (AvgIpc) is 3.37. The van der Waals surface area contributed by atoms with Crippen LogP contribution in [-0.2, 0) is 14.3 Å². The minimum Gasteiger partial charge on any atom is -0.504 e. The molecule has 5 aliphatic carbocycles. The maximum atomic E-state index is 12.6. The second kappa shape index (κ2) is 7.98. The van der Waals surface area contributed by atoms with Gasteiger partial charge in [-0.1, -0.05) is 32.6 Å². The molecule has 5 aliphatic rings. The Labute approximate surface area is 180 Å². The third-order valence-electron chi connectivity index (χ3n) is 9.87. The molecule has 0 aromatic rings. The van der Waals surface area contributed by atoms with Crippen molar-refractivity contribution in [1.82, 2.24) is 0 Å². The number of allylic oxidation sites excluding steroid dienone is 1. The Balaban J connectivity index is 1.24. The standard InChI is InChI=1S/C26H38O4/c1-26-15-14-18-17-9-11-22(27)25(29)20(17)8-7-19(18)21(26)10-12-23(26)30-24(28)13-6-16-4-2-3-5-16/h16-19,21,23,29H,2-15H2,1H3/t17-,18-,19-,21+,23+,26+/m0/s1. The molecule has 30 heavy (non-hydrogen) atoms. The zero-order valence-corrected chi connectivity index (χ0v) is 18.5. The molecule has 4 fully saturated rings. The Bertz CT molecular complexity index is 733. The van der Waals surface area contributed by atoms with E-state index in [4.69, 9.17) is 4.74 Å². The highest BCUT2D eigenvalue weighted by Crippen LogP contribution is 2.62. The highest BCUT2D eigenvalue weighted by atomic mass is 16.5. The first-order chi connectivity index (χ1) is 14.5. The number of aliphatic hydroxyl groups is 1. The molecule has 0 unspecified atom stereocenters. The number of carbonyl (C=O) groups is 2. The summed E-state index contributed by atoms with van der Waals surface area (Å²) in [7, 11) is 0. The number of hydrogen-bond donors (Lipinski definition) is 1. The monoisotopic (exact) mass is 414 g/mol. The van der Waals surface area contributed by atoms with Crippen LogP contribution in [0.5, 0.6) is 0 Å². The normalized spacial score (nSPS) is 41.4. The zero-order chi connectivity index (χ0) is 20.9. The van der Waals surface area contributed by atoms with E-state index >= 15 is 0 Å². The highest BCUT2D eigenvalue weighted by molar-refractivity contribution is 5.94. The van der Waals surface area contributed by atoms with E-state index in [0.717, 1.165) is 62.9 Å². The van der Waals surface area contributed by atoms with E-state index in [-0.39, 0.29) is 29.0 Å². The van der Waals surface area contributed by atoms with Crippen molar-refractivity contribution in [3.8, 4) is 0 Å². The molecule has 0 aromatic carbocycles. The van der Waals surface area contributed by atoms with Gasteiger partial charge in [0.2, 0.25) is 0 Å². The fourth-order valence-electron chi connectivity index (χ4n) is 8.25. The van der Waals surface area contributed by atoms with E-state index in [2.05, 4.69) is 6.92 Å². The molecule has 166 valence electrons. The van der Waals surface area contributed by atoms with Crippen LogP contribution in [-0.4, -0.2) is 23.0 Å². The Hall–Kier alpha value is -1.32. The second-order valence-corrected chi connectivity index (χ2v) is 11.2. The molecular formula is C26H38O4. The Kier molecular flexibility index (Phi) is 5.48. The van der Waals surface area contributed by atoms with Crippen molar-refractivity contribution < 1.29 is 19.4 Å². The molecule has 0 bridgehead atoms. The minimum absolute atomic E-state index is 0.0282. The van der Waals surface area contributed by atoms with Gasteiger partial charge in [0.25, 0.3) is 0 Å². The number of esters is 1. The lowest BCUT2D eigenvalue weighted by atomic mass is 9.52. The quantitative estimate of drug-likeness (QED) is 0.582. The third kappa shape index (κ3) is 3.42. The first-order valence-corrected chi connectivity index (χ1v) is 12.6. The van der Waals surface area contributed by atoms with Crippen LogP contribution in [0.25, 0.3) is 0 Å². The van der Waals surface area contributed by atoms with Gasteiger partial charge in [-0.3, -0.25) is 9.59 Å². The number of ether oxygens (including phenoxy) is 1. The fraction of sp³-hybridized carbons (Fsp3) is 0.846. The van der Waals surface area contributed by atoms with Crippen molar-refractivity contribution in [2.24, 2.45) is 35.0 Å². The van der Waals surface area contributed by atoms with Crippen LogP contribution in [0, 0.1) is 35.0 Å². The number of ketones is 1. The highest BCUT2D eigenvalue weighted by Gasteiger charge is 2.57. The topological polar surface area (TPSA) is 63.6 Å². The van der Waals surface area contributed by atoms with Crippen LogP contribution in [0.3, 0.4) is 0 Å². The molecule has 0 amide bonds. The largest absolute Gasteiger partial charge is 0.504 e. The van der Waals surface area contributed by atoms with Crippen molar-refractivity contribution in [3.05, 3.63) is 11.3 Å². The second-order valence-electron chi connectivity index (χ2n) is 11.2. The lowest BCUT2D eigenvalue weighted by molar-refractivity contribution is -0.159. The molecule has 0 saturated heterocycles. The van der Waals surface area contributed by atoms with Crippen LogP contribution < -0.4 is 0 Å². The van der Waals surface area contributed by atoms with E-state index in [1.54, 1.807) is 0 Å². The SMILES string of the molecule is C[C@@]12CC[C@@H]3[C@H](CCC4=C(O)C(=O)CC[C@H]43)[C@H]1CC[C@H]2OC(=O)CCC1CCCC1. The molecule has 0 aliphatic heterocycles. The molecular weight excluding hydrogens is 376 g/mol. The maximum absolute atomic E-state index is 12.6. The summed E-state index contributed by atoms with van der Waals surface area (Å²) in [6.07, 6.45) is 14.7. The molecule has 1 N–H and O–H groups in total. The summed E-state index contributed by atoms with van der Waals surface area (Å²) in [5.74, 6) is 3.08. The predicted molar refractivity (Wildman–Crippen MR) is 115 cm³/mol. The molecule has 0 aromatic heterocycles. The molecule has 6 atom stereocenters. The summed E-state index contributed by atoms with van der Waals surface area (Å²) in [5, 5.41) is 10.3. The van der Waals surface area contributed by atoms with Crippen molar-refractivity contribution in [3.63, 3.8) is 0 Å². The van der Waals surface area contributed by atoms with Gasteiger partial charge in [0.1, 0.15) is 6.10 Å². The Morgan fingerprint density at radius 3 is 2.63 bits per heavy atom. The number of fused-ring (bicyclic) bond motifs is 5. The minimum atomic E-state index is -0.0502. The molecule has 0 heterocycles. The summed E-state index contributed by atoms with van der Waals surface area (Å²) in [4.78, 5) is 24.6. The van der Waals surface area contributed by atoms with Crippen LogP contribution in [0.1, 0.15) is 96.8 Å². The van der Waals surface area contributed by atoms with Crippen molar-refractivity contribution >= 4 is 11.8 Å². The number of carbonyl (C=O) groups excluding carboxylic acids is 2. The average molecular weight is 415 g/mol. The number of aliphatic hydroxyl groups excluding tert-OH is 1. The molecule has 0 radical (unpaired) electrons. The molecule has 4 saturated carbocycles. The van der Waals surface area contributed by atoms with Crippen LogP contribution >= 0.6 is 0 Å². The van der Waals surface area contributed by atoms with Gasteiger partial charge in [0, 0.05) is 18.3 Å². The Morgan fingerprint density at radius 1 is 1.03 bits per heavy atom. The third-order valence-corrected chi connectivity index (χ3v) is 9.87. The van der Waals surface area contributed by atoms with Crippen molar-refractivity contribution in [1.29, 1.82) is 0 Å². The van der Waals surface area contributed by atoms with Gasteiger partial charge in [0.05, 0.1) is 0 Å². The van der Waals surface area contributed by atoms with E-state index < -0.39 is 0 Å².